The third-order valence-electron chi connectivity index (χ3n) is 3.05. The summed E-state index contributed by atoms with van der Waals surface area (Å²) in [5.74, 6) is -1.95. The van der Waals surface area contributed by atoms with Gasteiger partial charge in [-0.2, -0.15) is 0 Å². The van der Waals surface area contributed by atoms with Crippen LogP contribution in [0.2, 0.25) is 5.02 Å². The van der Waals surface area contributed by atoms with Crippen molar-refractivity contribution in [3.63, 3.8) is 0 Å². The topological polar surface area (TPSA) is 104 Å². The van der Waals surface area contributed by atoms with Crippen LogP contribution in [0, 0.1) is 5.82 Å². The fraction of sp³-hybridized carbons (Fsp3) is 0.250. The van der Waals surface area contributed by atoms with Crippen molar-refractivity contribution in [1.29, 1.82) is 0 Å². The van der Waals surface area contributed by atoms with Gasteiger partial charge in [-0.15, -0.1) is 0 Å². The SMILES string of the molecule is CCOC(=O)c1cnc(SCC(=O)OCc2c(F)cccc2Cl)nc1N. The van der Waals surface area contributed by atoms with Crippen molar-refractivity contribution in [3.05, 3.63) is 46.4 Å². The molecule has 0 saturated heterocycles. The molecule has 0 bridgehead atoms. The number of nitrogen functional groups attached to an aromatic ring is 1. The van der Waals surface area contributed by atoms with Gasteiger partial charge in [-0.05, 0) is 19.1 Å². The van der Waals surface area contributed by atoms with Crippen molar-refractivity contribution in [3.8, 4) is 0 Å². The number of halogens is 2. The van der Waals surface area contributed by atoms with Gasteiger partial charge in [-0.1, -0.05) is 29.4 Å². The Hall–Kier alpha value is -2.39. The van der Waals surface area contributed by atoms with Gasteiger partial charge in [-0.3, -0.25) is 4.79 Å². The molecule has 138 valence electrons. The van der Waals surface area contributed by atoms with E-state index < -0.39 is 17.8 Å². The number of nitrogens with two attached hydrogens (primary N) is 1. The molecule has 10 heteroatoms. The standard InChI is InChI=1S/C16H15ClFN3O4S/c1-2-24-15(23)9-6-20-16(21-14(9)19)26-8-13(22)25-7-10-11(17)4-3-5-12(10)18/h3-6H,2,7-8H2,1H3,(H2,19,20,21). The Morgan fingerprint density at radius 3 is 2.77 bits per heavy atom. The molecule has 1 aromatic heterocycles. The summed E-state index contributed by atoms with van der Waals surface area (Å²) in [4.78, 5) is 31.3. The van der Waals surface area contributed by atoms with Crippen LogP contribution in [-0.2, 0) is 20.9 Å². The van der Waals surface area contributed by atoms with Gasteiger partial charge in [0, 0.05) is 11.8 Å². The van der Waals surface area contributed by atoms with Gasteiger partial charge in [0.05, 0.1) is 17.4 Å². The zero-order chi connectivity index (χ0) is 19.1. The number of benzene rings is 1. The van der Waals surface area contributed by atoms with Gasteiger partial charge in [0.25, 0.3) is 0 Å². The molecule has 0 spiro atoms. The van der Waals surface area contributed by atoms with E-state index in [0.717, 1.165) is 11.8 Å². The average Bonchev–Trinajstić information content (AvgIpc) is 2.59. The Bertz CT molecular complexity index is 802. The fourth-order valence-corrected chi connectivity index (χ4v) is 2.64. The van der Waals surface area contributed by atoms with Crippen LogP contribution in [0.5, 0.6) is 0 Å². The van der Waals surface area contributed by atoms with Gasteiger partial charge < -0.3 is 15.2 Å². The minimum Gasteiger partial charge on any atom is -0.462 e. The predicted octanol–water partition coefficient (Wildman–Crippen LogP) is 2.86. The maximum absolute atomic E-state index is 13.6. The molecule has 2 N–H and O–H groups in total. The summed E-state index contributed by atoms with van der Waals surface area (Å²) in [6, 6.07) is 4.19. The molecule has 2 rings (SSSR count). The minimum atomic E-state index is -0.622. The molecule has 1 aromatic carbocycles. The summed E-state index contributed by atoms with van der Waals surface area (Å²) >= 11 is 6.82. The number of carbonyl (C=O) groups excluding carboxylic acids is 2. The van der Waals surface area contributed by atoms with Crippen LogP contribution in [0.3, 0.4) is 0 Å². The van der Waals surface area contributed by atoms with Crippen molar-refractivity contribution in [2.24, 2.45) is 0 Å². The first kappa shape index (κ1) is 19.9. The molecule has 0 aliphatic carbocycles. The number of nitrogens with zero attached hydrogens (tertiary/aromatic N) is 2. The number of hydrogen-bond donors (Lipinski definition) is 1. The van der Waals surface area contributed by atoms with E-state index in [4.69, 9.17) is 26.8 Å². The van der Waals surface area contributed by atoms with Crippen molar-refractivity contribution < 1.29 is 23.5 Å². The molecule has 26 heavy (non-hydrogen) atoms. The van der Waals surface area contributed by atoms with E-state index in [2.05, 4.69) is 9.97 Å². The molecule has 0 atom stereocenters. The fourth-order valence-electron chi connectivity index (χ4n) is 1.80. The van der Waals surface area contributed by atoms with Crippen LogP contribution in [0.25, 0.3) is 0 Å². The van der Waals surface area contributed by atoms with Crippen molar-refractivity contribution in [1.82, 2.24) is 9.97 Å². The van der Waals surface area contributed by atoms with Crippen LogP contribution >= 0.6 is 23.4 Å². The molecule has 0 aliphatic heterocycles. The molecule has 0 aliphatic rings. The summed E-state index contributed by atoms with van der Waals surface area (Å²) in [5.41, 5.74) is 5.84. The van der Waals surface area contributed by atoms with Gasteiger partial charge >= 0.3 is 11.9 Å². The lowest BCUT2D eigenvalue weighted by Gasteiger charge is -2.08. The number of thioether (sulfide) groups is 1. The molecule has 7 nitrogen and oxygen atoms in total. The number of aromatic nitrogens is 2. The van der Waals surface area contributed by atoms with E-state index in [1.807, 2.05) is 0 Å². The van der Waals surface area contributed by atoms with Crippen molar-refractivity contribution in [2.45, 2.75) is 18.7 Å². The molecule has 1 heterocycles. The zero-order valence-corrected chi connectivity index (χ0v) is 15.3. The van der Waals surface area contributed by atoms with Crippen molar-refractivity contribution >= 4 is 41.1 Å². The van der Waals surface area contributed by atoms with Crippen LogP contribution < -0.4 is 5.73 Å². The quantitative estimate of drug-likeness (QED) is 0.430. The number of anilines is 1. The van der Waals surface area contributed by atoms with Crippen LogP contribution in [0.1, 0.15) is 22.8 Å². The Morgan fingerprint density at radius 2 is 2.12 bits per heavy atom. The Kier molecular flexibility index (Phi) is 7.16. The molecule has 0 unspecified atom stereocenters. The van der Waals surface area contributed by atoms with Crippen LogP contribution in [0.15, 0.2) is 29.6 Å². The van der Waals surface area contributed by atoms with Gasteiger partial charge in [0.2, 0.25) is 0 Å². The van der Waals surface area contributed by atoms with E-state index in [-0.39, 0.29) is 46.1 Å². The number of esters is 2. The maximum Gasteiger partial charge on any atom is 0.343 e. The average molecular weight is 400 g/mol. The van der Waals surface area contributed by atoms with E-state index in [1.165, 1.54) is 24.4 Å². The largest absolute Gasteiger partial charge is 0.462 e. The second-order valence-corrected chi connectivity index (χ2v) is 6.17. The highest BCUT2D eigenvalue weighted by atomic mass is 35.5. The maximum atomic E-state index is 13.6. The first-order valence-electron chi connectivity index (χ1n) is 7.43. The van der Waals surface area contributed by atoms with Crippen LogP contribution in [0.4, 0.5) is 10.2 Å². The summed E-state index contributed by atoms with van der Waals surface area (Å²) in [7, 11) is 0. The van der Waals surface area contributed by atoms with Gasteiger partial charge in [0.15, 0.2) is 5.16 Å². The van der Waals surface area contributed by atoms with E-state index in [0.29, 0.717) is 0 Å². The lowest BCUT2D eigenvalue weighted by atomic mass is 10.2. The first-order chi connectivity index (χ1) is 12.4. The second-order valence-electron chi connectivity index (χ2n) is 4.82. The number of carbonyl (C=O) groups is 2. The van der Waals surface area contributed by atoms with Gasteiger partial charge in [0.1, 0.15) is 23.8 Å². The normalized spacial score (nSPS) is 10.4. The molecule has 0 radical (unpaired) electrons. The lowest BCUT2D eigenvalue weighted by molar-refractivity contribution is -0.141. The number of rotatable bonds is 7. The summed E-state index contributed by atoms with van der Waals surface area (Å²) < 4.78 is 23.4. The highest BCUT2D eigenvalue weighted by Crippen LogP contribution is 2.21. The molecule has 2 aromatic rings. The molecular formula is C16H15ClFN3O4S. The Labute approximate surface area is 158 Å². The molecular weight excluding hydrogens is 385 g/mol. The zero-order valence-electron chi connectivity index (χ0n) is 13.7. The monoisotopic (exact) mass is 399 g/mol. The highest BCUT2D eigenvalue weighted by Gasteiger charge is 2.15. The summed E-state index contributed by atoms with van der Waals surface area (Å²) in [6.07, 6.45) is 1.23. The van der Waals surface area contributed by atoms with E-state index >= 15 is 0 Å². The Morgan fingerprint density at radius 1 is 1.35 bits per heavy atom. The Balaban J connectivity index is 1.89. The van der Waals surface area contributed by atoms with E-state index in [1.54, 1.807) is 6.92 Å². The smallest absolute Gasteiger partial charge is 0.343 e. The third-order valence-corrected chi connectivity index (χ3v) is 4.24. The minimum absolute atomic E-state index is 0.0487. The van der Waals surface area contributed by atoms with Crippen molar-refractivity contribution in [2.75, 3.05) is 18.1 Å². The lowest BCUT2D eigenvalue weighted by Crippen LogP contribution is -2.12. The van der Waals surface area contributed by atoms with E-state index in [9.17, 15) is 14.0 Å². The number of ether oxygens (including phenoxy) is 2. The predicted molar refractivity (Wildman–Crippen MR) is 94.3 cm³/mol. The highest BCUT2D eigenvalue weighted by molar-refractivity contribution is 7.99. The first-order valence-corrected chi connectivity index (χ1v) is 8.79. The molecule has 0 saturated carbocycles. The molecule has 0 fully saturated rings. The van der Waals surface area contributed by atoms with Gasteiger partial charge in [-0.25, -0.2) is 19.2 Å². The number of hydrogen-bond acceptors (Lipinski definition) is 8. The summed E-state index contributed by atoms with van der Waals surface area (Å²) in [6.45, 7) is 1.58. The summed E-state index contributed by atoms with van der Waals surface area (Å²) in [5, 5.41) is 0.368. The third kappa shape index (κ3) is 5.30. The molecule has 0 amide bonds. The second kappa shape index (κ2) is 9.35. The van der Waals surface area contributed by atoms with Crippen LogP contribution in [-0.4, -0.2) is 34.3 Å².